The van der Waals surface area contributed by atoms with Crippen LogP contribution in [0.1, 0.15) is 5.56 Å². The molecule has 0 amide bonds. The number of pyridine rings is 1. The molecule has 3 aromatic rings. The van der Waals surface area contributed by atoms with Crippen LogP contribution in [0.5, 0.6) is 0 Å². The van der Waals surface area contributed by atoms with E-state index in [0.717, 1.165) is 16.9 Å². The zero-order chi connectivity index (χ0) is 12.7. The van der Waals surface area contributed by atoms with Gasteiger partial charge in [0, 0.05) is 6.20 Å². The highest BCUT2D eigenvalue weighted by atomic mass is 32.1. The number of aryl methyl sites for hydroxylation is 1. The summed E-state index contributed by atoms with van der Waals surface area (Å²) < 4.78 is 15.6. The fourth-order valence-corrected chi connectivity index (χ4v) is 2.25. The van der Waals surface area contributed by atoms with E-state index in [-0.39, 0.29) is 5.82 Å². The number of imidazole rings is 1. The van der Waals surface area contributed by atoms with Crippen molar-refractivity contribution in [3.8, 4) is 5.69 Å². The maximum Gasteiger partial charge on any atom is 0.183 e. The Balaban J connectivity index is 2.34. The van der Waals surface area contributed by atoms with Crippen molar-refractivity contribution in [2.45, 2.75) is 6.92 Å². The third kappa shape index (κ3) is 1.64. The molecule has 5 heteroatoms. The van der Waals surface area contributed by atoms with Crippen molar-refractivity contribution in [1.29, 1.82) is 0 Å². The van der Waals surface area contributed by atoms with Crippen LogP contribution in [0.4, 0.5) is 4.39 Å². The summed E-state index contributed by atoms with van der Waals surface area (Å²) in [5.41, 5.74) is 3.00. The van der Waals surface area contributed by atoms with Crippen LogP contribution in [-0.2, 0) is 0 Å². The van der Waals surface area contributed by atoms with Crippen LogP contribution in [0.15, 0.2) is 36.5 Å². The Labute approximate surface area is 108 Å². The highest BCUT2D eigenvalue weighted by Gasteiger charge is 2.08. The molecule has 90 valence electrons. The zero-order valence-electron chi connectivity index (χ0n) is 9.64. The third-order valence-corrected chi connectivity index (χ3v) is 3.13. The van der Waals surface area contributed by atoms with Gasteiger partial charge in [-0.25, -0.2) is 9.37 Å². The zero-order valence-corrected chi connectivity index (χ0v) is 10.5. The van der Waals surface area contributed by atoms with E-state index >= 15 is 0 Å². The predicted octanol–water partition coefficient (Wildman–Crippen LogP) is 3.53. The summed E-state index contributed by atoms with van der Waals surface area (Å²) in [7, 11) is 0. The summed E-state index contributed by atoms with van der Waals surface area (Å²) in [5.74, 6) is -0.224. The van der Waals surface area contributed by atoms with Gasteiger partial charge in [-0.3, -0.25) is 4.57 Å². The van der Waals surface area contributed by atoms with Gasteiger partial charge in [0.05, 0.1) is 11.2 Å². The molecule has 2 heterocycles. The van der Waals surface area contributed by atoms with Crippen molar-refractivity contribution in [2.24, 2.45) is 0 Å². The van der Waals surface area contributed by atoms with Gasteiger partial charge in [-0.05, 0) is 55.0 Å². The molecule has 3 rings (SSSR count). The molecule has 0 aliphatic carbocycles. The van der Waals surface area contributed by atoms with E-state index in [9.17, 15) is 4.39 Å². The van der Waals surface area contributed by atoms with Crippen LogP contribution < -0.4 is 0 Å². The van der Waals surface area contributed by atoms with Gasteiger partial charge >= 0.3 is 0 Å². The van der Waals surface area contributed by atoms with Crippen molar-refractivity contribution in [2.75, 3.05) is 0 Å². The Kier molecular flexibility index (Phi) is 2.48. The summed E-state index contributed by atoms with van der Waals surface area (Å²) in [5, 5.41) is 0. The first-order valence-electron chi connectivity index (χ1n) is 5.49. The molecule has 0 aliphatic heterocycles. The number of halogens is 1. The molecule has 0 spiro atoms. The van der Waals surface area contributed by atoms with Gasteiger partial charge < -0.3 is 4.98 Å². The fraction of sp³-hybridized carbons (Fsp3) is 0.0769. The largest absolute Gasteiger partial charge is 0.329 e. The second-order valence-corrected chi connectivity index (χ2v) is 4.46. The summed E-state index contributed by atoms with van der Waals surface area (Å²) in [4.78, 5) is 7.38. The molecule has 18 heavy (non-hydrogen) atoms. The molecule has 1 N–H and O–H groups in total. The van der Waals surface area contributed by atoms with Crippen LogP contribution >= 0.6 is 12.2 Å². The first-order chi connectivity index (χ1) is 8.66. The number of nitrogens with one attached hydrogen (secondary N) is 1. The normalized spacial score (nSPS) is 11.0. The van der Waals surface area contributed by atoms with Crippen LogP contribution in [-0.4, -0.2) is 14.5 Å². The second kappa shape index (κ2) is 4.03. The van der Waals surface area contributed by atoms with E-state index in [0.29, 0.717) is 10.3 Å². The average Bonchev–Trinajstić information content (AvgIpc) is 2.69. The molecule has 0 bridgehead atoms. The lowest BCUT2D eigenvalue weighted by Crippen LogP contribution is -1.96. The number of aromatic nitrogens is 3. The van der Waals surface area contributed by atoms with Crippen LogP contribution in [0.3, 0.4) is 0 Å². The Hall–Kier alpha value is -2.01. The number of aromatic amines is 1. The van der Waals surface area contributed by atoms with Crippen molar-refractivity contribution in [3.05, 3.63) is 52.7 Å². The van der Waals surface area contributed by atoms with Crippen LogP contribution in [0.2, 0.25) is 0 Å². The lowest BCUT2D eigenvalue weighted by Gasteiger charge is -2.05. The van der Waals surface area contributed by atoms with E-state index in [1.54, 1.807) is 29.8 Å². The topological polar surface area (TPSA) is 33.6 Å². The van der Waals surface area contributed by atoms with Crippen molar-refractivity contribution < 1.29 is 4.39 Å². The minimum absolute atomic E-state index is 0.224. The van der Waals surface area contributed by atoms with Crippen molar-refractivity contribution in [1.82, 2.24) is 14.5 Å². The summed E-state index contributed by atoms with van der Waals surface area (Å²) >= 11 is 5.28. The first kappa shape index (κ1) is 11.1. The first-order valence-corrected chi connectivity index (χ1v) is 5.90. The van der Waals surface area contributed by atoms with E-state index in [2.05, 4.69) is 9.97 Å². The highest BCUT2D eigenvalue weighted by molar-refractivity contribution is 7.71. The number of nitrogens with zero attached hydrogens (tertiary/aromatic N) is 2. The molecular formula is C13H10FN3S. The third-order valence-electron chi connectivity index (χ3n) is 2.84. The van der Waals surface area contributed by atoms with E-state index in [1.807, 2.05) is 12.1 Å². The molecule has 0 aliphatic rings. The minimum atomic E-state index is -0.224. The molecule has 0 fully saturated rings. The Morgan fingerprint density at radius 1 is 1.33 bits per heavy atom. The molecule has 0 atom stereocenters. The average molecular weight is 259 g/mol. The molecule has 0 saturated carbocycles. The number of fused-ring (bicyclic) bond motifs is 1. The SMILES string of the molecule is Cc1cc(-n2c(=S)[nH]c3cccnc32)ccc1F. The lowest BCUT2D eigenvalue weighted by molar-refractivity contribution is 0.618. The quantitative estimate of drug-likeness (QED) is 0.678. The Morgan fingerprint density at radius 3 is 2.94 bits per heavy atom. The van der Waals surface area contributed by atoms with Gasteiger partial charge in [-0.15, -0.1) is 0 Å². The number of benzene rings is 1. The molecular weight excluding hydrogens is 249 g/mol. The van der Waals surface area contributed by atoms with E-state index in [1.165, 1.54) is 6.07 Å². The monoisotopic (exact) mass is 259 g/mol. The van der Waals surface area contributed by atoms with Gasteiger partial charge in [-0.2, -0.15) is 0 Å². The number of H-pyrrole nitrogens is 1. The van der Waals surface area contributed by atoms with E-state index < -0.39 is 0 Å². The maximum atomic E-state index is 13.3. The van der Waals surface area contributed by atoms with Crippen LogP contribution in [0.25, 0.3) is 16.9 Å². The second-order valence-electron chi connectivity index (χ2n) is 4.07. The molecule has 3 nitrogen and oxygen atoms in total. The van der Waals surface area contributed by atoms with Gasteiger partial charge in [-0.1, -0.05) is 0 Å². The summed E-state index contributed by atoms with van der Waals surface area (Å²) in [6, 6.07) is 8.64. The molecule has 0 unspecified atom stereocenters. The predicted molar refractivity (Wildman–Crippen MR) is 70.9 cm³/mol. The molecule has 0 saturated heterocycles. The Morgan fingerprint density at radius 2 is 2.17 bits per heavy atom. The molecule has 0 radical (unpaired) electrons. The van der Waals surface area contributed by atoms with E-state index in [4.69, 9.17) is 12.2 Å². The standard InChI is InChI=1S/C13H10FN3S/c1-8-7-9(4-5-10(8)14)17-12-11(16-13(17)18)3-2-6-15-12/h2-7H,1H3,(H,16,18). The smallest absolute Gasteiger partial charge is 0.183 e. The van der Waals surface area contributed by atoms with Gasteiger partial charge in [0.1, 0.15) is 5.82 Å². The molecule has 2 aromatic heterocycles. The summed E-state index contributed by atoms with van der Waals surface area (Å²) in [6.45, 7) is 1.73. The number of hydrogen-bond acceptors (Lipinski definition) is 2. The highest BCUT2D eigenvalue weighted by Crippen LogP contribution is 2.19. The van der Waals surface area contributed by atoms with Gasteiger partial charge in [0.2, 0.25) is 0 Å². The van der Waals surface area contributed by atoms with Crippen LogP contribution in [0, 0.1) is 17.5 Å². The number of rotatable bonds is 1. The Bertz CT molecular complexity index is 788. The fourth-order valence-electron chi connectivity index (χ4n) is 1.95. The maximum absolute atomic E-state index is 13.3. The lowest BCUT2D eigenvalue weighted by atomic mass is 10.2. The minimum Gasteiger partial charge on any atom is -0.329 e. The van der Waals surface area contributed by atoms with Gasteiger partial charge in [0.15, 0.2) is 10.4 Å². The van der Waals surface area contributed by atoms with Gasteiger partial charge in [0.25, 0.3) is 0 Å². The summed E-state index contributed by atoms with van der Waals surface area (Å²) in [6.07, 6.45) is 1.71. The molecule has 1 aromatic carbocycles. The van der Waals surface area contributed by atoms with Crippen molar-refractivity contribution >= 4 is 23.4 Å². The van der Waals surface area contributed by atoms with Crippen molar-refractivity contribution in [3.63, 3.8) is 0 Å². The number of hydrogen-bond donors (Lipinski definition) is 1.